The second kappa shape index (κ2) is 13.6. The molecule has 1 unspecified atom stereocenters. The molecule has 0 saturated heterocycles. The Morgan fingerprint density at radius 2 is 1.67 bits per heavy atom. The molecular formula is C23H32BNO8. The number of ether oxygens (including phenoxy) is 2. The summed E-state index contributed by atoms with van der Waals surface area (Å²) in [5.74, 6) is -2.42. The molecule has 1 aromatic carbocycles. The monoisotopic (exact) mass is 461 g/mol. The Hall–Kier alpha value is -2.88. The number of carbonyl (C=O) groups excluding carboxylic acids is 4. The highest BCUT2D eigenvalue weighted by atomic mass is 16.7. The molecule has 1 aliphatic heterocycles. The van der Waals surface area contributed by atoms with Crippen LogP contribution in [0, 0.1) is 0 Å². The van der Waals surface area contributed by atoms with Gasteiger partial charge in [-0.2, -0.15) is 0 Å². The Kier molecular flexibility index (Phi) is 10.9. The molecule has 180 valence electrons. The summed E-state index contributed by atoms with van der Waals surface area (Å²) < 4.78 is 14.8. The first-order valence-corrected chi connectivity index (χ1v) is 11.3. The van der Waals surface area contributed by atoms with Crippen LogP contribution >= 0.6 is 0 Å². The summed E-state index contributed by atoms with van der Waals surface area (Å²) in [5, 5.41) is 12.8. The number of para-hydroxylation sites is 1. The number of rotatable bonds is 7. The molecule has 2 N–H and O–H groups in total. The first-order chi connectivity index (χ1) is 15.8. The van der Waals surface area contributed by atoms with Gasteiger partial charge in [-0.3, -0.25) is 9.59 Å². The lowest BCUT2D eigenvalue weighted by atomic mass is 9.72. The summed E-state index contributed by atoms with van der Waals surface area (Å²) in [6.45, 7) is 2.04. The molecule has 1 atom stereocenters. The smallest absolute Gasteiger partial charge is 0.534 e. The number of hydrogen-bond donors (Lipinski definition) is 2. The van der Waals surface area contributed by atoms with Crippen molar-refractivity contribution in [2.75, 3.05) is 6.79 Å². The van der Waals surface area contributed by atoms with E-state index in [-0.39, 0.29) is 42.3 Å². The van der Waals surface area contributed by atoms with Crippen molar-refractivity contribution in [2.45, 2.75) is 77.6 Å². The maximum Gasteiger partial charge on any atom is 0.547 e. The van der Waals surface area contributed by atoms with E-state index in [4.69, 9.17) is 9.39 Å². The highest BCUT2D eigenvalue weighted by molar-refractivity contribution is 6.47. The SMILES string of the molecule is C1CCCCC1.CC(=O)CCC(=O)NC1Cc2cccc(C(=O)OCOC(C)=O)c2OB1O. The lowest BCUT2D eigenvalue weighted by molar-refractivity contribution is -0.149. The third-order valence-corrected chi connectivity index (χ3v) is 5.34. The number of benzene rings is 1. The predicted molar refractivity (Wildman–Crippen MR) is 120 cm³/mol. The van der Waals surface area contributed by atoms with Gasteiger partial charge in [-0.05, 0) is 25.0 Å². The number of esters is 2. The van der Waals surface area contributed by atoms with Gasteiger partial charge in [0.2, 0.25) is 12.7 Å². The van der Waals surface area contributed by atoms with Gasteiger partial charge in [0.1, 0.15) is 17.1 Å². The molecule has 9 nitrogen and oxygen atoms in total. The lowest BCUT2D eigenvalue weighted by Gasteiger charge is -2.29. The zero-order valence-corrected chi connectivity index (χ0v) is 19.3. The highest BCUT2D eigenvalue weighted by Crippen LogP contribution is 2.30. The van der Waals surface area contributed by atoms with Gasteiger partial charge in [-0.25, -0.2) is 4.79 Å². The van der Waals surface area contributed by atoms with Crippen molar-refractivity contribution in [1.29, 1.82) is 0 Å². The largest absolute Gasteiger partial charge is 0.547 e. The molecule has 1 aromatic rings. The van der Waals surface area contributed by atoms with Gasteiger partial charge in [0.05, 0.1) is 5.94 Å². The second-order valence-corrected chi connectivity index (χ2v) is 8.19. The number of fused-ring (bicyclic) bond motifs is 1. The van der Waals surface area contributed by atoms with E-state index in [1.807, 2.05) is 0 Å². The molecule has 2 aliphatic rings. The molecule has 10 heteroatoms. The van der Waals surface area contributed by atoms with Crippen LogP contribution < -0.4 is 9.97 Å². The normalized spacial score (nSPS) is 16.8. The zero-order chi connectivity index (χ0) is 24.2. The Morgan fingerprint density at radius 1 is 1.03 bits per heavy atom. The summed E-state index contributed by atoms with van der Waals surface area (Å²) >= 11 is 0. The first-order valence-electron chi connectivity index (χ1n) is 11.3. The Labute approximate surface area is 194 Å². The minimum Gasteiger partial charge on any atom is -0.534 e. The fourth-order valence-corrected chi connectivity index (χ4v) is 3.58. The van der Waals surface area contributed by atoms with E-state index in [1.165, 1.54) is 58.4 Å². The first kappa shape index (κ1) is 26.4. The number of hydrogen-bond acceptors (Lipinski definition) is 8. The van der Waals surface area contributed by atoms with Crippen LogP contribution in [0.3, 0.4) is 0 Å². The summed E-state index contributed by atoms with van der Waals surface area (Å²) in [7, 11) is -1.37. The van der Waals surface area contributed by atoms with Crippen molar-refractivity contribution >= 4 is 30.7 Å². The minimum atomic E-state index is -1.37. The van der Waals surface area contributed by atoms with E-state index < -0.39 is 31.8 Å². The predicted octanol–water partition coefficient (Wildman–Crippen LogP) is 2.51. The van der Waals surface area contributed by atoms with Crippen molar-refractivity contribution in [1.82, 2.24) is 5.32 Å². The second-order valence-electron chi connectivity index (χ2n) is 8.19. The maximum atomic E-state index is 12.1. The number of ketones is 1. The van der Waals surface area contributed by atoms with Crippen LogP contribution in [-0.2, 0) is 30.3 Å². The van der Waals surface area contributed by atoms with E-state index in [9.17, 15) is 24.2 Å². The fourth-order valence-electron chi connectivity index (χ4n) is 3.58. The molecule has 1 amide bonds. The number of amides is 1. The number of Topliss-reactive ketones (excluding diaryl/α,β-unsaturated/α-hetero) is 1. The van der Waals surface area contributed by atoms with Crippen LogP contribution in [0.4, 0.5) is 0 Å². The van der Waals surface area contributed by atoms with Crippen molar-refractivity contribution in [3.63, 3.8) is 0 Å². The Balaban J connectivity index is 0.000000554. The highest BCUT2D eigenvalue weighted by Gasteiger charge is 2.37. The Morgan fingerprint density at radius 3 is 2.24 bits per heavy atom. The van der Waals surface area contributed by atoms with Crippen LogP contribution in [0.2, 0.25) is 0 Å². The molecule has 0 spiro atoms. The van der Waals surface area contributed by atoms with Gasteiger partial charge < -0.3 is 29.3 Å². The minimum absolute atomic E-state index is 0.0218. The van der Waals surface area contributed by atoms with Crippen molar-refractivity contribution in [3.8, 4) is 5.75 Å². The lowest BCUT2D eigenvalue weighted by Crippen LogP contribution is -2.53. The van der Waals surface area contributed by atoms with Crippen molar-refractivity contribution in [3.05, 3.63) is 29.3 Å². The molecule has 3 rings (SSSR count). The molecular weight excluding hydrogens is 429 g/mol. The van der Waals surface area contributed by atoms with E-state index in [0.29, 0.717) is 5.56 Å². The van der Waals surface area contributed by atoms with E-state index >= 15 is 0 Å². The van der Waals surface area contributed by atoms with E-state index in [1.54, 1.807) is 12.1 Å². The quantitative estimate of drug-likeness (QED) is 0.360. The maximum absolute atomic E-state index is 12.1. The average Bonchev–Trinajstić information content (AvgIpc) is 2.79. The van der Waals surface area contributed by atoms with Crippen LogP contribution in [0.1, 0.15) is 81.1 Å². The van der Waals surface area contributed by atoms with Crippen LogP contribution in [0.5, 0.6) is 5.75 Å². The summed E-state index contributed by atoms with van der Waals surface area (Å²) in [6, 6.07) is 4.75. The summed E-state index contributed by atoms with van der Waals surface area (Å²) in [5.41, 5.74) is 0.666. The third kappa shape index (κ3) is 9.25. The van der Waals surface area contributed by atoms with Crippen LogP contribution in [0.15, 0.2) is 18.2 Å². The standard InChI is InChI=1S/C17H20BNO8.C6H12/c1-10(20)6-7-15(22)19-14-8-12-4-3-5-13(16(12)27-18(14)24)17(23)26-9-25-11(2)21;1-2-4-6-5-3-1/h3-5,14,24H,6-9H2,1-2H3,(H,19,22);1-6H2. The Bertz CT molecular complexity index is 828. The van der Waals surface area contributed by atoms with Crippen LogP contribution in [-0.4, -0.2) is 48.5 Å². The average molecular weight is 461 g/mol. The number of nitrogens with one attached hydrogen (secondary N) is 1. The van der Waals surface area contributed by atoms with Crippen LogP contribution in [0.25, 0.3) is 0 Å². The molecule has 1 heterocycles. The van der Waals surface area contributed by atoms with Crippen molar-refractivity contribution in [2.24, 2.45) is 0 Å². The topological polar surface area (TPSA) is 128 Å². The molecule has 1 fully saturated rings. The summed E-state index contributed by atoms with van der Waals surface area (Å²) in [6.07, 6.45) is 9.37. The molecule has 1 saturated carbocycles. The van der Waals surface area contributed by atoms with Crippen molar-refractivity contribution < 1.29 is 38.3 Å². The van der Waals surface area contributed by atoms with Gasteiger partial charge >= 0.3 is 19.1 Å². The van der Waals surface area contributed by atoms with Gasteiger partial charge in [0.25, 0.3) is 0 Å². The van der Waals surface area contributed by atoms with Gasteiger partial charge in [-0.1, -0.05) is 50.7 Å². The molecule has 0 radical (unpaired) electrons. The van der Waals surface area contributed by atoms with Gasteiger partial charge in [-0.15, -0.1) is 0 Å². The molecule has 0 bridgehead atoms. The van der Waals surface area contributed by atoms with Gasteiger partial charge in [0, 0.05) is 19.8 Å². The fraction of sp³-hybridized carbons (Fsp3) is 0.565. The van der Waals surface area contributed by atoms with Gasteiger partial charge in [0.15, 0.2) is 0 Å². The third-order valence-electron chi connectivity index (χ3n) is 5.34. The van der Waals surface area contributed by atoms with E-state index in [2.05, 4.69) is 10.1 Å². The zero-order valence-electron chi connectivity index (χ0n) is 19.3. The molecule has 0 aromatic heterocycles. The molecule has 33 heavy (non-hydrogen) atoms. The number of carbonyl (C=O) groups is 4. The molecule has 1 aliphatic carbocycles. The van der Waals surface area contributed by atoms with E-state index in [0.717, 1.165) is 0 Å². The summed E-state index contributed by atoms with van der Waals surface area (Å²) in [4.78, 5) is 45.7.